The van der Waals surface area contributed by atoms with Crippen LogP contribution in [0.2, 0.25) is 5.15 Å². The summed E-state index contributed by atoms with van der Waals surface area (Å²) in [5.41, 5.74) is 2.06. The van der Waals surface area contributed by atoms with Crippen LogP contribution in [0.1, 0.15) is 16.9 Å². The summed E-state index contributed by atoms with van der Waals surface area (Å²) in [5.74, 6) is 0.834. The molecule has 30 heavy (non-hydrogen) atoms. The Hall–Kier alpha value is -2.82. The quantitative estimate of drug-likeness (QED) is 0.461. The third kappa shape index (κ3) is 3.57. The van der Waals surface area contributed by atoms with E-state index in [1.165, 1.54) is 34.7 Å². The van der Waals surface area contributed by atoms with E-state index in [-0.39, 0.29) is 15.9 Å². The van der Waals surface area contributed by atoms with Gasteiger partial charge in [0.05, 0.1) is 10.3 Å². The van der Waals surface area contributed by atoms with E-state index < -0.39 is 10.0 Å². The van der Waals surface area contributed by atoms with Crippen molar-refractivity contribution >= 4 is 60.5 Å². The largest absolute Gasteiger partial charge is 0.340 e. The summed E-state index contributed by atoms with van der Waals surface area (Å²) in [6.45, 7) is 0. The Kier molecular flexibility index (Phi) is 4.76. The van der Waals surface area contributed by atoms with Gasteiger partial charge in [-0.25, -0.2) is 18.4 Å². The van der Waals surface area contributed by atoms with E-state index in [1.807, 2.05) is 0 Å². The fraction of sp³-hybridized carbons (Fsp3) is 0.158. The Bertz CT molecular complexity index is 1340. The first-order chi connectivity index (χ1) is 14.5. The van der Waals surface area contributed by atoms with Gasteiger partial charge >= 0.3 is 0 Å². The molecule has 0 spiro atoms. The van der Waals surface area contributed by atoms with Gasteiger partial charge in [0.2, 0.25) is 0 Å². The Balaban J connectivity index is 1.39. The van der Waals surface area contributed by atoms with E-state index in [1.54, 1.807) is 29.8 Å². The molecule has 152 valence electrons. The Labute approximate surface area is 181 Å². The zero-order valence-electron chi connectivity index (χ0n) is 15.5. The number of thiophene rings is 1. The molecule has 0 aliphatic heterocycles. The van der Waals surface area contributed by atoms with Gasteiger partial charge in [-0.2, -0.15) is 0 Å². The van der Waals surface area contributed by atoms with Crippen molar-refractivity contribution in [3.05, 3.63) is 58.3 Å². The van der Waals surface area contributed by atoms with E-state index in [9.17, 15) is 8.42 Å². The average Bonchev–Trinajstić information content (AvgIpc) is 3.31. The molecule has 2 N–H and O–H groups in total. The number of nitrogens with one attached hydrogen (secondary N) is 2. The van der Waals surface area contributed by atoms with Gasteiger partial charge in [-0.15, -0.1) is 21.5 Å². The Morgan fingerprint density at radius 2 is 1.83 bits per heavy atom. The molecule has 0 atom stereocenters. The van der Waals surface area contributed by atoms with Crippen molar-refractivity contribution in [3.63, 3.8) is 0 Å². The zero-order chi connectivity index (χ0) is 20.7. The summed E-state index contributed by atoms with van der Waals surface area (Å²) < 4.78 is 27.5. The van der Waals surface area contributed by atoms with E-state index in [2.05, 4.69) is 30.2 Å². The van der Waals surface area contributed by atoms with Crippen molar-refractivity contribution in [1.82, 2.24) is 20.2 Å². The van der Waals surface area contributed by atoms with E-state index >= 15 is 0 Å². The summed E-state index contributed by atoms with van der Waals surface area (Å²) in [6, 6.07) is 9.34. The molecule has 0 saturated carbocycles. The SMILES string of the molecule is O=S(=O)(Nc1ccc(Cl)nn1)c1ccc(Nc2ncnc3sc4c(c23)CCC4)cc1. The van der Waals surface area contributed by atoms with Gasteiger partial charge in [-0.1, -0.05) is 11.6 Å². The number of hydrogen-bond acceptors (Lipinski definition) is 8. The van der Waals surface area contributed by atoms with E-state index in [0.717, 1.165) is 41.0 Å². The van der Waals surface area contributed by atoms with Crippen LogP contribution >= 0.6 is 22.9 Å². The first-order valence-electron chi connectivity index (χ1n) is 9.14. The number of sulfonamides is 1. The minimum Gasteiger partial charge on any atom is -0.340 e. The van der Waals surface area contributed by atoms with Gasteiger partial charge in [0, 0.05) is 10.6 Å². The van der Waals surface area contributed by atoms with Gasteiger partial charge in [0.1, 0.15) is 17.0 Å². The van der Waals surface area contributed by atoms with Crippen LogP contribution in [0.3, 0.4) is 0 Å². The molecule has 0 unspecified atom stereocenters. The second-order valence-electron chi connectivity index (χ2n) is 6.76. The standard InChI is InChI=1S/C19H15ClN6O2S2/c20-15-8-9-16(25-24-15)26-30(27,28)12-6-4-11(5-7-12)23-18-17-13-2-1-3-14(13)29-19(17)22-10-21-18/h4-10H,1-3H2,(H,25,26)(H,21,22,23). The highest BCUT2D eigenvalue weighted by Gasteiger charge is 2.21. The number of anilines is 3. The van der Waals surface area contributed by atoms with E-state index in [4.69, 9.17) is 11.6 Å². The number of benzene rings is 1. The lowest BCUT2D eigenvalue weighted by Crippen LogP contribution is -2.14. The molecule has 3 heterocycles. The summed E-state index contributed by atoms with van der Waals surface area (Å²) in [6.07, 6.45) is 4.83. The molecule has 3 aromatic heterocycles. The lowest BCUT2D eigenvalue weighted by atomic mass is 10.2. The minimum atomic E-state index is -3.80. The third-order valence-electron chi connectivity index (χ3n) is 4.80. The van der Waals surface area contributed by atoms with Crippen LogP contribution in [0.4, 0.5) is 17.3 Å². The Morgan fingerprint density at radius 3 is 2.60 bits per heavy atom. The summed E-state index contributed by atoms with van der Waals surface area (Å²) in [7, 11) is -3.80. The smallest absolute Gasteiger partial charge is 0.263 e. The van der Waals surface area contributed by atoms with Crippen LogP contribution in [-0.4, -0.2) is 28.6 Å². The first-order valence-corrected chi connectivity index (χ1v) is 11.8. The number of halogens is 1. The molecule has 4 aromatic rings. The lowest BCUT2D eigenvalue weighted by molar-refractivity contribution is 0.601. The van der Waals surface area contributed by atoms with Crippen molar-refractivity contribution in [2.24, 2.45) is 0 Å². The fourth-order valence-corrected chi connectivity index (χ4v) is 5.77. The molecule has 0 amide bonds. The average molecular weight is 459 g/mol. The predicted octanol–water partition coefficient (Wildman–Crippen LogP) is 4.17. The van der Waals surface area contributed by atoms with Crippen LogP contribution in [0.5, 0.6) is 0 Å². The molecule has 8 nitrogen and oxygen atoms in total. The summed E-state index contributed by atoms with van der Waals surface area (Å²) >= 11 is 7.40. The number of nitrogens with zero attached hydrogens (tertiary/aromatic N) is 4. The van der Waals surface area contributed by atoms with Crippen molar-refractivity contribution in [1.29, 1.82) is 0 Å². The van der Waals surface area contributed by atoms with Crippen molar-refractivity contribution in [3.8, 4) is 0 Å². The van der Waals surface area contributed by atoms with Crippen molar-refractivity contribution < 1.29 is 8.42 Å². The first kappa shape index (κ1) is 19.2. The summed E-state index contributed by atoms with van der Waals surface area (Å²) in [4.78, 5) is 11.3. The second-order valence-corrected chi connectivity index (χ2v) is 9.91. The van der Waals surface area contributed by atoms with Gasteiger partial charge in [-0.3, -0.25) is 4.72 Å². The highest BCUT2D eigenvalue weighted by Crippen LogP contribution is 2.39. The molecule has 11 heteroatoms. The van der Waals surface area contributed by atoms with Crippen molar-refractivity contribution in [2.75, 3.05) is 10.0 Å². The number of rotatable bonds is 5. The molecule has 1 aliphatic rings. The third-order valence-corrected chi connectivity index (χ3v) is 7.57. The number of hydrogen-bond donors (Lipinski definition) is 2. The summed E-state index contributed by atoms with van der Waals surface area (Å²) in [5, 5.41) is 11.9. The van der Waals surface area contributed by atoms with Crippen LogP contribution in [-0.2, 0) is 22.9 Å². The second kappa shape index (κ2) is 7.46. The van der Waals surface area contributed by atoms with Gasteiger partial charge in [0.25, 0.3) is 10.0 Å². The number of fused-ring (bicyclic) bond motifs is 3. The molecule has 0 bridgehead atoms. The lowest BCUT2D eigenvalue weighted by Gasteiger charge is -2.10. The molecule has 0 radical (unpaired) electrons. The Morgan fingerprint density at radius 1 is 1.00 bits per heavy atom. The minimum absolute atomic E-state index is 0.0938. The fourth-order valence-electron chi connectivity index (χ4n) is 3.44. The molecule has 1 aromatic carbocycles. The predicted molar refractivity (Wildman–Crippen MR) is 117 cm³/mol. The van der Waals surface area contributed by atoms with Gasteiger partial charge in [-0.05, 0) is 61.2 Å². The van der Waals surface area contributed by atoms with Crippen LogP contribution < -0.4 is 10.0 Å². The number of aromatic nitrogens is 4. The molecule has 5 rings (SSSR count). The van der Waals surface area contributed by atoms with Gasteiger partial charge in [0.15, 0.2) is 11.0 Å². The zero-order valence-corrected chi connectivity index (χ0v) is 17.9. The van der Waals surface area contributed by atoms with Crippen molar-refractivity contribution in [2.45, 2.75) is 24.2 Å². The maximum Gasteiger partial charge on any atom is 0.263 e. The molecule has 0 saturated heterocycles. The molecule has 0 fully saturated rings. The normalized spacial score (nSPS) is 13.4. The maximum atomic E-state index is 12.6. The molecular formula is C19H15ClN6O2S2. The highest BCUT2D eigenvalue weighted by atomic mass is 35.5. The monoisotopic (exact) mass is 458 g/mol. The van der Waals surface area contributed by atoms with Crippen LogP contribution in [0.25, 0.3) is 10.2 Å². The highest BCUT2D eigenvalue weighted by molar-refractivity contribution is 7.92. The number of aryl methyl sites for hydroxylation is 2. The van der Waals surface area contributed by atoms with Crippen LogP contribution in [0, 0.1) is 0 Å². The van der Waals surface area contributed by atoms with Gasteiger partial charge < -0.3 is 5.32 Å². The van der Waals surface area contributed by atoms with Crippen LogP contribution in [0.15, 0.2) is 47.6 Å². The maximum absolute atomic E-state index is 12.6. The molecular weight excluding hydrogens is 444 g/mol. The van der Waals surface area contributed by atoms with E-state index in [0.29, 0.717) is 0 Å². The topological polar surface area (TPSA) is 110 Å². The molecule has 1 aliphatic carbocycles.